The minimum absolute atomic E-state index is 0.369. The third-order valence-electron chi connectivity index (χ3n) is 2.63. The lowest BCUT2D eigenvalue weighted by Crippen LogP contribution is -2.22. The fourth-order valence-corrected chi connectivity index (χ4v) is 2.27. The second-order valence-corrected chi connectivity index (χ2v) is 4.55. The molecule has 7 heteroatoms. The van der Waals surface area contributed by atoms with Crippen LogP contribution in [-0.4, -0.2) is 16.1 Å². The van der Waals surface area contributed by atoms with Crippen molar-refractivity contribution < 1.29 is 13.2 Å². The molecule has 1 heterocycles. The van der Waals surface area contributed by atoms with Crippen LogP contribution >= 0.6 is 11.5 Å². The van der Waals surface area contributed by atoms with Gasteiger partial charge in [-0.3, -0.25) is 0 Å². The summed E-state index contributed by atoms with van der Waals surface area (Å²) in [5.41, 5.74) is 0.506. The van der Waals surface area contributed by atoms with Gasteiger partial charge < -0.3 is 5.32 Å². The molecule has 0 aliphatic rings. The molecule has 0 spiro atoms. The van der Waals surface area contributed by atoms with Crippen LogP contribution in [0.2, 0.25) is 0 Å². The maximum atomic E-state index is 12.7. The largest absolute Gasteiger partial charge is 0.416 e. The Morgan fingerprint density at radius 2 is 2.16 bits per heavy atom. The number of hydrogen-bond acceptors (Lipinski definition) is 4. The average molecular weight is 287 g/mol. The van der Waals surface area contributed by atoms with E-state index < -0.39 is 11.7 Å². The first-order valence-electron chi connectivity index (χ1n) is 5.70. The molecule has 0 radical (unpaired) electrons. The Kier molecular flexibility index (Phi) is 4.16. The molecule has 0 amide bonds. The number of rotatable bonds is 4. The van der Waals surface area contributed by atoms with Crippen LogP contribution in [0.1, 0.15) is 29.8 Å². The van der Waals surface area contributed by atoms with Gasteiger partial charge in [0, 0.05) is 5.38 Å². The standard InChI is InChI=1S/C12H12F3N3S/c1-2-16-11(10-7-19-18-17-10)8-4-3-5-9(6-8)12(13,14)15/h3-7,11,16H,2H2,1H3. The maximum absolute atomic E-state index is 12.7. The molecule has 1 unspecified atom stereocenters. The molecule has 1 N–H and O–H groups in total. The second-order valence-electron chi connectivity index (χ2n) is 3.94. The summed E-state index contributed by atoms with van der Waals surface area (Å²) in [6.07, 6.45) is -4.34. The van der Waals surface area contributed by atoms with Crippen LogP contribution in [0.15, 0.2) is 29.6 Å². The molecule has 0 bridgehead atoms. The quantitative estimate of drug-likeness (QED) is 0.938. The minimum Gasteiger partial charge on any atom is -0.305 e. The van der Waals surface area contributed by atoms with Gasteiger partial charge >= 0.3 is 6.18 Å². The summed E-state index contributed by atoms with van der Waals surface area (Å²) in [6, 6.07) is 4.90. The molecule has 19 heavy (non-hydrogen) atoms. The van der Waals surface area contributed by atoms with Gasteiger partial charge in [0.2, 0.25) is 0 Å². The summed E-state index contributed by atoms with van der Waals surface area (Å²) >= 11 is 1.17. The lowest BCUT2D eigenvalue weighted by Gasteiger charge is -2.17. The lowest BCUT2D eigenvalue weighted by atomic mass is 10.0. The van der Waals surface area contributed by atoms with Crippen molar-refractivity contribution in [1.29, 1.82) is 0 Å². The highest BCUT2D eigenvalue weighted by molar-refractivity contribution is 7.03. The zero-order valence-electron chi connectivity index (χ0n) is 10.1. The minimum atomic E-state index is -4.34. The summed E-state index contributed by atoms with van der Waals surface area (Å²) in [5, 5.41) is 8.77. The zero-order chi connectivity index (χ0) is 13.9. The Morgan fingerprint density at radius 1 is 1.37 bits per heavy atom. The van der Waals surface area contributed by atoms with Crippen molar-refractivity contribution in [2.75, 3.05) is 6.54 Å². The summed E-state index contributed by atoms with van der Waals surface area (Å²) < 4.78 is 41.9. The fraction of sp³-hybridized carbons (Fsp3) is 0.333. The topological polar surface area (TPSA) is 37.8 Å². The van der Waals surface area contributed by atoms with Crippen LogP contribution in [0.25, 0.3) is 0 Å². The second kappa shape index (κ2) is 5.66. The Morgan fingerprint density at radius 3 is 2.74 bits per heavy atom. The molecule has 1 atom stereocenters. The van der Waals surface area contributed by atoms with E-state index in [1.165, 1.54) is 17.6 Å². The molecular formula is C12H12F3N3S. The van der Waals surface area contributed by atoms with Gasteiger partial charge in [-0.1, -0.05) is 23.5 Å². The van der Waals surface area contributed by atoms with Crippen LogP contribution in [0.5, 0.6) is 0 Å². The van der Waals surface area contributed by atoms with E-state index in [9.17, 15) is 13.2 Å². The predicted molar refractivity (Wildman–Crippen MR) is 66.9 cm³/mol. The molecule has 3 nitrogen and oxygen atoms in total. The van der Waals surface area contributed by atoms with Gasteiger partial charge in [-0.05, 0) is 35.8 Å². The van der Waals surface area contributed by atoms with Gasteiger partial charge in [0.1, 0.15) is 0 Å². The van der Waals surface area contributed by atoms with Crippen molar-refractivity contribution in [3.63, 3.8) is 0 Å². The predicted octanol–water partition coefficient (Wildman–Crippen LogP) is 3.26. The van der Waals surface area contributed by atoms with Gasteiger partial charge in [0.05, 0.1) is 17.3 Å². The molecule has 0 fully saturated rings. The first kappa shape index (κ1) is 14.0. The van der Waals surface area contributed by atoms with E-state index >= 15 is 0 Å². The van der Waals surface area contributed by atoms with Gasteiger partial charge in [-0.25, -0.2) is 0 Å². The maximum Gasteiger partial charge on any atom is 0.416 e. The normalized spacial score (nSPS) is 13.5. The number of benzene rings is 1. The van der Waals surface area contributed by atoms with E-state index in [-0.39, 0.29) is 6.04 Å². The van der Waals surface area contributed by atoms with Crippen LogP contribution in [-0.2, 0) is 6.18 Å². The Labute approximate surface area is 112 Å². The summed E-state index contributed by atoms with van der Waals surface area (Å²) in [7, 11) is 0. The Bertz CT molecular complexity index is 525. The van der Waals surface area contributed by atoms with E-state index in [0.29, 0.717) is 17.8 Å². The van der Waals surface area contributed by atoms with Crippen LogP contribution < -0.4 is 5.32 Å². The number of aromatic nitrogens is 2. The monoisotopic (exact) mass is 287 g/mol. The third kappa shape index (κ3) is 3.30. The van der Waals surface area contributed by atoms with E-state index in [2.05, 4.69) is 14.9 Å². The first-order chi connectivity index (χ1) is 9.02. The Balaban J connectivity index is 2.37. The molecule has 0 saturated carbocycles. The Hall–Kier alpha value is -1.47. The van der Waals surface area contributed by atoms with Crippen LogP contribution in [0.4, 0.5) is 13.2 Å². The molecule has 1 aromatic carbocycles. The number of nitrogens with zero attached hydrogens (tertiary/aromatic N) is 2. The molecule has 0 aliphatic heterocycles. The van der Waals surface area contributed by atoms with Crippen LogP contribution in [0, 0.1) is 0 Å². The SMILES string of the molecule is CCNC(c1cccc(C(F)(F)F)c1)c1csnn1. The third-order valence-corrected chi connectivity index (χ3v) is 3.15. The van der Waals surface area contributed by atoms with E-state index in [0.717, 1.165) is 12.1 Å². The van der Waals surface area contributed by atoms with E-state index in [4.69, 9.17) is 0 Å². The summed E-state index contributed by atoms with van der Waals surface area (Å²) in [5.74, 6) is 0. The number of nitrogens with one attached hydrogen (secondary N) is 1. The van der Waals surface area contributed by atoms with Crippen molar-refractivity contribution >= 4 is 11.5 Å². The highest BCUT2D eigenvalue weighted by Gasteiger charge is 2.31. The van der Waals surface area contributed by atoms with Gasteiger partial charge in [0.25, 0.3) is 0 Å². The number of alkyl halides is 3. The van der Waals surface area contributed by atoms with E-state index in [1.807, 2.05) is 6.92 Å². The summed E-state index contributed by atoms with van der Waals surface area (Å²) in [6.45, 7) is 2.51. The van der Waals surface area contributed by atoms with Crippen molar-refractivity contribution in [2.24, 2.45) is 0 Å². The van der Waals surface area contributed by atoms with Crippen molar-refractivity contribution in [1.82, 2.24) is 14.9 Å². The van der Waals surface area contributed by atoms with Crippen molar-refractivity contribution in [2.45, 2.75) is 19.1 Å². The van der Waals surface area contributed by atoms with Gasteiger partial charge in [0.15, 0.2) is 0 Å². The average Bonchev–Trinajstić information content (AvgIpc) is 2.88. The highest BCUT2D eigenvalue weighted by atomic mass is 32.1. The molecule has 2 aromatic rings. The summed E-state index contributed by atoms with van der Waals surface area (Å²) in [4.78, 5) is 0. The molecule has 102 valence electrons. The highest BCUT2D eigenvalue weighted by Crippen LogP contribution is 2.31. The van der Waals surface area contributed by atoms with Gasteiger partial charge in [-0.15, -0.1) is 5.10 Å². The lowest BCUT2D eigenvalue weighted by molar-refractivity contribution is -0.137. The fourth-order valence-electron chi connectivity index (χ4n) is 1.79. The zero-order valence-corrected chi connectivity index (χ0v) is 10.9. The first-order valence-corrected chi connectivity index (χ1v) is 6.53. The molecular weight excluding hydrogens is 275 g/mol. The molecule has 0 aliphatic carbocycles. The smallest absolute Gasteiger partial charge is 0.305 e. The molecule has 1 aromatic heterocycles. The van der Waals surface area contributed by atoms with Crippen molar-refractivity contribution in [3.05, 3.63) is 46.5 Å². The molecule has 2 rings (SSSR count). The molecule has 0 saturated heterocycles. The van der Waals surface area contributed by atoms with Gasteiger partial charge in [-0.2, -0.15) is 13.2 Å². The number of halogens is 3. The van der Waals surface area contributed by atoms with E-state index in [1.54, 1.807) is 11.4 Å². The van der Waals surface area contributed by atoms with Crippen LogP contribution in [0.3, 0.4) is 0 Å². The number of hydrogen-bond donors (Lipinski definition) is 1. The van der Waals surface area contributed by atoms with Crippen molar-refractivity contribution in [3.8, 4) is 0 Å².